The van der Waals surface area contributed by atoms with Crippen LogP contribution in [-0.4, -0.2) is 25.6 Å². The van der Waals surface area contributed by atoms with Crippen LogP contribution in [-0.2, 0) is 6.54 Å². The molecule has 2 heterocycles. The van der Waals surface area contributed by atoms with Crippen LogP contribution in [0.25, 0.3) is 10.2 Å². The first-order chi connectivity index (χ1) is 8.91. The molecule has 0 saturated heterocycles. The second-order valence-electron chi connectivity index (χ2n) is 4.00. The van der Waals surface area contributed by atoms with Gasteiger partial charge in [-0.15, -0.1) is 11.3 Å². The van der Waals surface area contributed by atoms with Crippen molar-refractivity contribution in [3.8, 4) is 0 Å². The molecule has 0 aliphatic rings. The quantitative estimate of drug-likeness (QED) is 0.821. The topological polar surface area (TPSA) is 98.2 Å². The lowest BCUT2D eigenvalue weighted by molar-refractivity contribution is 0.0701. The molecule has 0 aromatic carbocycles. The summed E-state index contributed by atoms with van der Waals surface area (Å²) in [4.78, 5) is 28.3. The number of hydrogen-bond acceptors (Lipinski definition) is 5. The van der Waals surface area contributed by atoms with Gasteiger partial charge in [0.1, 0.15) is 9.71 Å². The van der Waals surface area contributed by atoms with Gasteiger partial charge < -0.3 is 10.8 Å². The maximum absolute atomic E-state index is 12.3. The molecule has 100 valence electrons. The number of nitrogens with two attached hydrogens (primary N) is 1. The molecule has 0 spiro atoms. The summed E-state index contributed by atoms with van der Waals surface area (Å²) in [6.45, 7) is 1.96. The Bertz CT molecular complexity index is 733. The molecule has 0 atom stereocenters. The number of aromatic carboxylic acids is 1. The first-order valence-electron chi connectivity index (χ1n) is 5.42. The third-order valence-corrected chi connectivity index (χ3v) is 4.10. The zero-order valence-electron chi connectivity index (χ0n) is 10.0. The van der Waals surface area contributed by atoms with Gasteiger partial charge in [0.05, 0.1) is 16.7 Å². The number of aromatic nitrogens is 2. The molecule has 0 aliphatic heterocycles. The van der Waals surface area contributed by atoms with Crippen LogP contribution in [0.3, 0.4) is 0 Å². The number of thiocarbonyl (C=S) groups is 1. The van der Waals surface area contributed by atoms with E-state index in [0.717, 1.165) is 11.3 Å². The van der Waals surface area contributed by atoms with Crippen molar-refractivity contribution >= 4 is 44.7 Å². The lowest BCUT2D eigenvalue weighted by Gasteiger charge is -2.04. The highest BCUT2D eigenvalue weighted by Gasteiger charge is 2.18. The first-order valence-corrected chi connectivity index (χ1v) is 6.64. The van der Waals surface area contributed by atoms with E-state index in [4.69, 9.17) is 23.1 Å². The number of carboxylic acid groups (broad SMARTS) is 1. The molecule has 0 bridgehead atoms. The Hall–Kier alpha value is -1.80. The fourth-order valence-corrected chi connectivity index (χ4v) is 2.82. The van der Waals surface area contributed by atoms with Gasteiger partial charge in [0.25, 0.3) is 5.56 Å². The third kappa shape index (κ3) is 2.49. The van der Waals surface area contributed by atoms with Gasteiger partial charge in [0.15, 0.2) is 0 Å². The van der Waals surface area contributed by atoms with E-state index in [1.165, 1.54) is 10.9 Å². The summed E-state index contributed by atoms with van der Waals surface area (Å²) < 4.78 is 1.40. The number of hydrogen-bond donors (Lipinski definition) is 2. The van der Waals surface area contributed by atoms with Crippen molar-refractivity contribution in [2.45, 2.75) is 19.9 Å². The van der Waals surface area contributed by atoms with Crippen molar-refractivity contribution < 1.29 is 9.90 Å². The van der Waals surface area contributed by atoms with Crippen LogP contribution in [0.4, 0.5) is 0 Å². The average Bonchev–Trinajstić information content (AvgIpc) is 2.66. The molecule has 2 aromatic heterocycles. The van der Waals surface area contributed by atoms with Gasteiger partial charge in [-0.05, 0) is 12.5 Å². The van der Waals surface area contributed by atoms with Gasteiger partial charge in [0.2, 0.25) is 0 Å². The summed E-state index contributed by atoms with van der Waals surface area (Å²) in [5.41, 5.74) is 5.59. The molecule has 0 aliphatic carbocycles. The van der Waals surface area contributed by atoms with E-state index in [1.807, 2.05) is 0 Å². The van der Waals surface area contributed by atoms with Crippen molar-refractivity contribution in [2.75, 3.05) is 0 Å². The van der Waals surface area contributed by atoms with Crippen LogP contribution < -0.4 is 11.3 Å². The number of aryl methyl sites for hydroxylation is 2. The van der Waals surface area contributed by atoms with Gasteiger partial charge in [-0.3, -0.25) is 9.36 Å². The van der Waals surface area contributed by atoms with E-state index in [9.17, 15) is 9.59 Å². The van der Waals surface area contributed by atoms with Crippen LogP contribution in [0.15, 0.2) is 11.1 Å². The number of fused-ring (bicyclic) bond motifs is 1. The Morgan fingerprint density at radius 1 is 1.63 bits per heavy atom. The van der Waals surface area contributed by atoms with Crippen molar-refractivity contribution in [1.29, 1.82) is 0 Å². The highest BCUT2D eigenvalue weighted by Crippen LogP contribution is 2.26. The van der Waals surface area contributed by atoms with Gasteiger partial charge in [0, 0.05) is 13.0 Å². The SMILES string of the molecule is Cc1c(C(=O)O)sc2ncn(CCC(N)=S)c(=O)c12. The molecule has 0 unspecified atom stereocenters. The maximum atomic E-state index is 12.3. The Morgan fingerprint density at radius 3 is 2.89 bits per heavy atom. The fraction of sp³-hybridized carbons (Fsp3) is 0.273. The zero-order valence-corrected chi connectivity index (χ0v) is 11.7. The summed E-state index contributed by atoms with van der Waals surface area (Å²) in [5, 5.41) is 9.40. The number of rotatable bonds is 4. The maximum Gasteiger partial charge on any atom is 0.346 e. The van der Waals surface area contributed by atoms with Crippen molar-refractivity contribution in [3.05, 3.63) is 27.1 Å². The average molecular weight is 297 g/mol. The van der Waals surface area contributed by atoms with Crippen molar-refractivity contribution in [3.63, 3.8) is 0 Å². The largest absolute Gasteiger partial charge is 0.477 e. The second kappa shape index (κ2) is 5.06. The molecule has 8 heteroatoms. The lowest BCUT2D eigenvalue weighted by Crippen LogP contribution is -2.23. The van der Waals surface area contributed by atoms with Crippen molar-refractivity contribution in [1.82, 2.24) is 9.55 Å². The summed E-state index contributed by atoms with van der Waals surface area (Å²) in [6, 6.07) is 0. The van der Waals surface area contributed by atoms with Crippen molar-refractivity contribution in [2.24, 2.45) is 5.73 Å². The van der Waals surface area contributed by atoms with Crippen LogP contribution in [0, 0.1) is 6.92 Å². The Labute approximate surface area is 117 Å². The first kappa shape index (κ1) is 13.6. The Balaban J connectivity index is 2.58. The fourth-order valence-electron chi connectivity index (χ4n) is 1.75. The van der Waals surface area contributed by atoms with E-state index >= 15 is 0 Å². The Kier molecular flexibility index (Phi) is 3.63. The Morgan fingerprint density at radius 2 is 2.32 bits per heavy atom. The predicted molar refractivity (Wildman–Crippen MR) is 77.0 cm³/mol. The lowest BCUT2D eigenvalue weighted by atomic mass is 10.2. The summed E-state index contributed by atoms with van der Waals surface area (Å²) in [5.74, 6) is -1.05. The molecule has 0 saturated carbocycles. The molecular formula is C11H11N3O3S2. The number of carboxylic acids is 1. The van der Waals surface area contributed by atoms with Gasteiger partial charge in [-0.1, -0.05) is 12.2 Å². The minimum Gasteiger partial charge on any atom is -0.477 e. The molecule has 2 rings (SSSR count). The smallest absolute Gasteiger partial charge is 0.346 e. The highest BCUT2D eigenvalue weighted by atomic mass is 32.1. The van der Waals surface area contributed by atoms with E-state index in [0.29, 0.717) is 33.7 Å². The molecule has 0 radical (unpaired) electrons. The normalized spacial score (nSPS) is 10.8. The minimum atomic E-state index is -1.05. The molecule has 0 fully saturated rings. The zero-order chi connectivity index (χ0) is 14.2. The monoisotopic (exact) mass is 297 g/mol. The van der Waals surface area contributed by atoms with E-state index < -0.39 is 5.97 Å². The van der Waals surface area contributed by atoms with E-state index in [2.05, 4.69) is 4.98 Å². The minimum absolute atomic E-state index is 0.145. The van der Waals surface area contributed by atoms with Gasteiger partial charge in [-0.2, -0.15) is 0 Å². The molecule has 3 N–H and O–H groups in total. The second-order valence-corrected chi connectivity index (χ2v) is 5.52. The van der Waals surface area contributed by atoms with Gasteiger partial charge in [-0.25, -0.2) is 9.78 Å². The summed E-state index contributed by atoms with van der Waals surface area (Å²) in [7, 11) is 0. The van der Waals surface area contributed by atoms with E-state index in [-0.39, 0.29) is 10.4 Å². The van der Waals surface area contributed by atoms with Crippen LogP contribution in [0.5, 0.6) is 0 Å². The molecule has 19 heavy (non-hydrogen) atoms. The standard InChI is InChI=1S/C11H11N3O3S2/c1-5-7-9(19-8(5)11(16)17)13-4-14(10(7)15)3-2-6(12)18/h4H,2-3H2,1H3,(H2,12,18)(H,16,17). The highest BCUT2D eigenvalue weighted by molar-refractivity contribution is 7.80. The van der Waals surface area contributed by atoms with Crippen LogP contribution in [0.1, 0.15) is 21.7 Å². The van der Waals surface area contributed by atoms with Gasteiger partial charge >= 0.3 is 5.97 Å². The third-order valence-electron chi connectivity index (χ3n) is 2.71. The number of carbonyl (C=O) groups is 1. The molecule has 6 nitrogen and oxygen atoms in total. The predicted octanol–water partition coefficient (Wildman–Crippen LogP) is 1.14. The van der Waals surface area contributed by atoms with E-state index in [1.54, 1.807) is 6.92 Å². The summed E-state index contributed by atoms with van der Waals surface area (Å²) in [6.07, 6.45) is 1.79. The van der Waals surface area contributed by atoms with Crippen LogP contribution in [0.2, 0.25) is 0 Å². The summed E-state index contributed by atoms with van der Waals surface area (Å²) >= 11 is 5.77. The van der Waals surface area contributed by atoms with Crippen LogP contribution >= 0.6 is 23.6 Å². The number of thiophene rings is 1. The molecular weight excluding hydrogens is 286 g/mol. The molecule has 0 amide bonds. The molecule has 2 aromatic rings. The number of nitrogens with zero attached hydrogens (tertiary/aromatic N) is 2.